The van der Waals surface area contributed by atoms with Crippen molar-refractivity contribution in [3.63, 3.8) is 0 Å². The molecule has 0 heterocycles. The van der Waals surface area contributed by atoms with E-state index in [1.165, 1.54) is 5.56 Å². The Bertz CT molecular complexity index is 394. The first kappa shape index (κ1) is 11.2. The Morgan fingerprint density at radius 1 is 1.19 bits per heavy atom. The van der Waals surface area contributed by atoms with E-state index in [-0.39, 0.29) is 11.9 Å². The molecule has 2 rings (SSSR count). The van der Waals surface area contributed by atoms with Crippen molar-refractivity contribution >= 4 is 5.97 Å². The lowest BCUT2D eigenvalue weighted by Gasteiger charge is -2.24. The summed E-state index contributed by atoms with van der Waals surface area (Å²) in [4.78, 5) is 11.8. The smallest absolute Gasteiger partial charge is 0.314 e. The van der Waals surface area contributed by atoms with Crippen molar-refractivity contribution in [1.82, 2.24) is 0 Å². The predicted octanol–water partition coefficient (Wildman–Crippen LogP) is 3.32. The third kappa shape index (κ3) is 2.11. The van der Waals surface area contributed by atoms with E-state index in [2.05, 4.69) is 19.1 Å². The summed E-state index contributed by atoms with van der Waals surface area (Å²) >= 11 is 0. The Kier molecular flexibility index (Phi) is 2.99. The van der Waals surface area contributed by atoms with Crippen LogP contribution in [0.5, 0.6) is 5.75 Å². The molecule has 0 amide bonds. The van der Waals surface area contributed by atoms with Crippen LogP contribution in [0.2, 0.25) is 0 Å². The lowest BCUT2D eigenvalue weighted by Crippen LogP contribution is -2.26. The van der Waals surface area contributed by atoms with Gasteiger partial charge in [-0.3, -0.25) is 4.79 Å². The van der Waals surface area contributed by atoms with Crippen molar-refractivity contribution in [3.05, 3.63) is 28.8 Å². The van der Waals surface area contributed by atoms with Crippen LogP contribution in [0.25, 0.3) is 0 Å². The van der Waals surface area contributed by atoms with Gasteiger partial charge in [0.2, 0.25) is 0 Å². The van der Waals surface area contributed by atoms with E-state index in [1.807, 2.05) is 13.8 Å². The van der Waals surface area contributed by atoms with Gasteiger partial charge in [0.05, 0.1) is 5.92 Å². The van der Waals surface area contributed by atoms with Crippen LogP contribution in [0.3, 0.4) is 0 Å². The molecule has 1 aromatic rings. The third-order valence-electron chi connectivity index (χ3n) is 3.25. The quantitative estimate of drug-likeness (QED) is 0.562. The molecule has 0 radical (unpaired) electrons. The Hall–Kier alpha value is -1.31. The highest BCUT2D eigenvalue weighted by atomic mass is 16.5. The van der Waals surface area contributed by atoms with Gasteiger partial charge in [-0.25, -0.2) is 0 Å². The van der Waals surface area contributed by atoms with Crippen LogP contribution < -0.4 is 4.74 Å². The van der Waals surface area contributed by atoms with Gasteiger partial charge in [-0.05, 0) is 44.7 Å². The van der Waals surface area contributed by atoms with E-state index in [1.54, 1.807) is 0 Å². The van der Waals surface area contributed by atoms with Crippen LogP contribution in [0.15, 0.2) is 12.1 Å². The van der Waals surface area contributed by atoms with E-state index >= 15 is 0 Å². The van der Waals surface area contributed by atoms with Gasteiger partial charge in [-0.2, -0.15) is 0 Å². The number of carbonyl (C=O) groups is 1. The van der Waals surface area contributed by atoms with Crippen molar-refractivity contribution in [2.75, 3.05) is 0 Å². The highest BCUT2D eigenvalue weighted by Gasteiger charge is 2.27. The van der Waals surface area contributed by atoms with Gasteiger partial charge in [0.15, 0.2) is 0 Å². The number of rotatable bonds is 2. The monoisotopic (exact) mass is 218 g/mol. The average molecular weight is 218 g/mol. The minimum Gasteiger partial charge on any atom is -0.426 e. The predicted molar refractivity (Wildman–Crippen MR) is 63.6 cm³/mol. The van der Waals surface area contributed by atoms with Crippen LogP contribution in [-0.2, 0) is 4.79 Å². The molecule has 0 bridgehead atoms. The molecule has 16 heavy (non-hydrogen) atoms. The fourth-order valence-electron chi connectivity index (χ4n) is 2.16. The molecule has 0 saturated heterocycles. The minimum atomic E-state index is -0.0543. The molecular formula is C14H18O2. The number of ether oxygens (including phenoxy) is 1. The van der Waals surface area contributed by atoms with Crippen molar-refractivity contribution in [1.29, 1.82) is 0 Å². The van der Waals surface area contributed by atoms with Gasteiger partial charge in [-0.15, -0.1) is 0 Å². The zero-order valence-electron chi connectivity index (χ0n) is 10.2. The molecule has 0 aliphatic heterocycles. The first-order valence-electron chi connectivity index (χ1n) is 5.87. The number of hydrogen-bond donors (Lipinski definition) is 0. The summed E-state index contributed by atoms with van der Waals surface area (Å²) in [5.74, 6) is 0.837. The number of esters is 1. The lowest BCUT2D eigenvalue weighted by molar-refractivity contribution is -0.141. The van der Waals surface area contributed by atoms with Gasteiger partial charge in [0.1, 0.15) is 5.75 Å². The second kappa shape index (κ2) is 4.28. The molecule has 2 nitrogen and oxygen atoms in total. The van der Waals surface area contributed by atoms with Gasteiger partial charge < -0.3 is 4.74 Å². The molecule has 2 heteroatoms. The molecule has 1 aromatic carbocycles. The van der Waals surface area contributed by atoms with E-state index in [0.29, 0.717) is 0 Å². The minimum absolute atomic E-state index is 0.0543. The van der Waals surface area contributed by atoms with Crippen LogP contribution in [-0.4, -0.2) is 5.97 Å². The third-order valence-corrected chi connectivity index (χ3v) is 3.25. The number of aryl methyl sites for hydroxylation is 3. The topological polar surface area (TPSA) is 26.3 Å². The summed E-state index contributed by atoms with van der Waals surface area (Å²) < 4.78 is 5.50. The zero-order chi connectivity index (χ0) is 11.7. The molecule has 0 N–H and O–H groups in total. The molecule has 1 aliphatic carbocycles. The van der Waals surface area contributed by atoms with Crippen molar-refractivity contribution in [2.24, 2.45) is 5.92 Å². The van der Waals surface area contributed by atoms with Crippen LogP contribution in [0.1, 0.15) is 36.0 Å². The molecule has 0 unspecified atom stereocenters. The van der Waals surface area contributed by atoms with Crippen LogP contribution >= 0.6 is 0 Å². The molecule has 0 atom stereocenters. The maximum atomic E-state index is 11.8. The van der Waals surface area contributed by atoms with E-state index in [0.717, 1.165) is 36.1 Å². The number of carbonyl (C=O) groups excluding carboxylic acids is 1. The van der Waals surface area contributed by atoms with Crippen molar-refractivity contribution in [2.45, 2.75) is 40.0 Å². The second-order valence-electron chi connectivity index (χ2n) is 4.78. The fourth-order valence-corrected chi connectivity index (χ4v) is 2.16. The van der Waals surface area contributed by atoms with E-state index in [4.69, 9.17) is 4.74 Å². The second-order valence-corrected chi connectivity index (χ2v) is 4.78. The zero-order valence-corrected chi connectivity index (χ0v) is 10.2. The van der Waals surface area contributed by atoms with Gasteiger partial charge in [0, 0.05) is 0 Å². The normalized spacial score (nSPS) is 15.7. The molecule has 1 fully saturated rings. The maximum Gasteiger partial charge on any atom is 0.314 e. The van der Waals surface area contributed by atoms with Gasteiger partial charge >= 0.3 is 5.97 Å². The number of hydrogen-bond acceptors (Lipinski definition) is 2. The van der Waals surface area contributed by atoms with Gasteiger partial charge in [-0.1, -0.05) is 24.1 Å². The summed E-state index contributed by atoms with van der Waals surface area (Å²) in [5.41, 5.74) is 3.30. The summed E-state index contributed by atoms with van der Waals surface area (Å²) in [7, 11) is 0. The van der Waals surface area contributed by atoms with Crippen LogP contribution in [0.4, 0.5) is 0 Å². The number of benzene rings is 1. The SMILES string of the molecule is Cc1cc(C)c(OC(=O)C2CCC2)c(C)c1. The average Bonchev–Trinajstić information content (AvgIpc) is 2.08. The Balaban J connectivity index is 2.17. The van der Waals surface area contributed by atoms with Crippen molar-refractivity contribution < 1.29 is 9.53 Å². The largest absolute Gasteiger partial charge is 0.426 e. The molecule has 1 aliphatic rings. The Morgan fingerprint density at radius 2 is 1.75 bits per heavy atom. The fraction of sp³-hybridized carbons (Fsp3) is 0.500. The van der Waals surface area contributed by atoms with E-state index in [9.17, 15) is 4.79 Å². The van der Waals surface area contributed by atoms with E-state index < -0.39 is 0 Å². The van der Waals surface area contributed by atoms with Crippen molar-refractivity contribution in [3.8, 4) is 5.75 Å². The van der Waals surface area contributed by atoms with Gasteiger partial charge in [0.25, 0.3) is 0 Å². The molecular weight excluding hydrogens is 200 g/mol. The molecule has 0 spiro atoms. The summed E-state index contributed by atoms with van der Waals surface area (Å²) in [5, 5.41) is 0. The standard InChI is InChI=1S/C14H18O2/c1-9-7-10(2)13(11(3)8-9)16-14(15)12-5-4-6-12/h7-8,12H,4-6H2,1-3H3. The molecule has 0 aromatic heterocycles. The van der Waals surface area contributed by atoms with Crippen LogP contribution in [0, 0.1) is 26.7 Å². The summed E-state index contributed by atoms with van der Waals surface area (Å²) in [6.45, 7) is 6.03. The molecule has 86 valence electrons. The first-order chi connectivity index (χ1) is 7.58. The molecule has 1 saturated carbocycles. The lowest BCUT2D eigenvalue weighted by atomic mass is 9.86. The maximum absolute atomic E-state index is 11.8. The summed E-state index contributed by atoms with van der Waals surface area (Å²) in [6.07, 6.45) is 3.14. The highest BCUT2D eigenvalue weighted by molar-refractivity contribution is 5.76. The Morgan fingerprint density at radius 3 is 2.19 bits per heavy atom. The first-order valence-corrected chi connectivity index (χ1v) is 5.87. The highest BCUT2D eigenvalue weighted by Crippen LogP contribution is 2.30. The summed E-state index contributed by atoms with van der Waals surface area (Å²) in [6, 6.07) is 4.10. The Labute approximate surface area is 96.6 Å².